The molecule has 3 saturated heterocycles. The van der Waals surface area contributed by atoms with Gasteiger partial charge in [0.05, 0.1) is 48.5 Å². The van der Waals surface area contributed by atoms with Crippen molar-refractivity contribution < 1.29 is 28.5 Å². The standard InChI is InChI=1S/C38H39Cl2N3O6/c1-22-36(40)29(30(39)19-41-22)18-33(24-9-11-32(46-2)34(17-24)47-3)48-37(44)25-8-10-27-26(16-25)20-43(31-7-5-4-6-28(27)31)38(45)49-35-21-42-14-12-23(35)13-15-42/h4-11,16-17,19,22-23,33,35-36H,12-15,18,20-21H2,1-3H3/t22?,33-,35-,36?/m0/s1. The summed E-state index contributed by atoms with van der Waals surface area (Å²) in [5.41, 5.74) is 5.25. The molecule has 2 bridgehead atoms. The Morgan fingerprint density at radius 1 is 0.980 bits per heavy atom. The predicted molar refractivity (Wildman–Crippen MR) is 190 cm³/mol. The van der Waals surface area contributed by atoms with E-state index in [9.17, 15) is 9.59 Å². The van der Waals surface area contributed by atoms with Crippen LogP contribution in [0.25, 0.3) is 11.1 Å². The Bertz CT molecular complexity index is 1820. The molecule has 8 rings (SSSR count). The number of piperidine rings is 3. The van der Waals surface area contributed by atoms with E-state index in [0.717, 1.165) is 60.4 Å². The molecule has 0 aromatic heterocycles. The molecule has 0 spiro atoms. The first-order valence-corrected chi connectivity index (χ1v) is 17.5. The number of amides is 1. The van der Waals surface area contributed by atoms with Crippen LogP contribution in [0.15, 0.2) is 76.3 Å². The van der Waals surface area contributed by atoms with Crippen LogP contribution in [0.4, 0.5) is 10.5 Å². The fourth-order valence-electron chi connectivity index (χ4n) is 7.36. The van der Waals surface area contributed by atoms with Gasteiger partial charge in [-0.3, -0.25) is 14.8 Å². The van der Waals surface area contributed by atoms with Crippen molar-refractivity contribution in [1.82, 2.24) is 4.90 Å². The molecule has 5 aliphatic heterocycles. The number of aliphatic imine (C=N–C) groups is 1. The molecule has 11 heteroatoms. The predicted octanol–water partition coefficient (Wildman–Crippen LogP) is 7.78. The van der Waals surface area contributed by atoms with Crippen LogP contribution in [0.3, 0.4) is 0 Å². The van der Waals surface area contributed by atoms with E-state index >= 15 is 0 Å². The monoisotopic (exact) mass is 703 g/mol. The summed E-state index contributed by atoms with van der Waals surface area (Å²) in [6.45, 7) is 5.08. The van der Waals surface area contributed by atoms with Gasteiger partial charge in [0.2, 0.25) is 0 Å². The van der Waals surface area contributed by atoms with Crippen LogP contribution in [0.5, 0.6) is 11.5 Å². The second-order valence-corrected chi connectivity index (χ2v) is 13.9. The highest BCUT2D eigenvalue weighted by Gasteiger charge is 2.38. The zero-order chi connectivity index (χ0) is 34.2. The number of ether oxygens (including phenoxy) is 4. The van der Waals surface area contributed by atoms with Crippen molar-refractivity contribution in [2.75, 3.05) is 38.8 Å². The summed E-state index contributed by atoms with van der Waals surface area (Å²) in [6.07, 6.45) is 2.71. The van der Waals surface area contributed by atoms with Crippen molar-refractivity contribution in [1.29, 1.82) is 0 Å². The minimum atomic E-state index is -0.749. The quantitative estimate of drug-likeness (QED) is 0.175. The molecule has 4 atom stereocenters. The lowest BCUT2D eigenvalue weighted by Crippen LogP contribution is -2.53. The van der Waals surface area contributed by atoms with Gasteiger partial charge in [0.1, 0.15) is 12.2 Å². The normalized spacial score (nSPS) is 24.5. The summed E-state index contributed by atoms with van der Waals surface area (Å²) >= 11 is 13.4. The fraction of sp³-hybridized carbons (Fsp3) is 0.395. The van der Waals surface area contributed by atoms with E-state index in [1.54, 1.807) is 49.6 Å². The lowest BCUT2D eigenvalue weighted by molar-refractivity contribution is -0.0311. The molecule has 0 aliphatic carbocycles. The van der Waals surface area contributed by atoms with E-state index in [-0.39, 0.29) is 31.2 Å². The van der Waals surface area contributed by atoms with Crippen LogP contribution in [-0.4, -0.2) is 74.6 Å². The first-order valence-electron chi connectivity index (χ1n) is 16.7. The van der Waals surface area contributed by atoms with E-state index in [4.69, 9.17) is 42.1 Å². The van der Waals surface area contributed by atoms with Gasteiger partial charge in [-0.25, -0.2) is 9.59 Å². The zero-order valence-electron chi connectivity index (χ0n) is 27.7. The van der Waals surface area contributed by atoms with Gasteiger partial charge in [0, 0.05) is 24.7 Å². The van der Waals surface area contributed by atoms with Gasteiger partial charge in [0.15, 0.2) is 11.5 Å². The number of rotatable bonds is 8. The number of carbonyl (C=O) groups excluding carboxylic acids is 2. The van der Waals surface area contributed by atoms with Gasteiger partial charge in [0.25, 0.3) is 0 Å². The molecule has 3 fully saturated rings. The van der Waals surface area contributed by atoms with Crippen molar-refractivity contribution >= 4 is 47.2 Å². The summed E-state index contributed by atoms with van der Waals surface area (Å²) in [6, 6.07) is 18.5. The number of carbonyl (C=O) groups is 2. The lowest BCUT2D eigenvalue weighted by Gasteiger charge is -2.44. The maximum Gasteiger partial charge on any atom is 0.414 e. The van der Waals surface area contributed by atoms with Crippen LogP contribution in [0, 0.1) is 5.92 Å². The van der Waals surface area contributed by atoms with Crippen LogP contribution in [0.1, 0.15) is 53.8 Å². The molecule has 2 unspecified atom stereocenters. The summed E-state index contributed by atoms with van der Waals surface area (Å²) in [5, 5.41) is -0.0355. The minimum absolute atomic E-state index is 0.118. The van der Waals surface area contributed by atoms with E-state index < -0.39 is 17.5 Å². The van der Waals surface area contributed by atoms with Crippen LogP contribution >= 0.6 is 23.2 Å². The first kappa shape index (κ1) is 33.4. The van der Waals surface area contributed by atoms with Crippen molar-refractivity contribution in [3.05, 3.63) is 88.0 Å². The number of hydrogen-bond donors (Lipinski definition) is 0. The average Bonchev–Trinajstić information content (AvgIpc) is 3.14. The molecule has 1 amide bonds. The highest BCUT2D eigenvalue weighted by Crippen LogP contribution is 2.42. The van der Waals surface area contributed by atoms with Gasteiger partial charge in [-0.05, 0) is 91.4 Å². The van der Waals surface area contributed by atoms with Gasteiger partial charge in [-0.1, -0.05) is 41.9 Å². The molecular weight excluding hydrogens is 665 g/mol. The summed E-state index contributed by atoms with van der Waals surface area (Å²) in [5.74, 6) is 0.918. The number of alkyl halides is 1. The zero-order valence-corrected chi connectivity index (χ0v) is 29.2. The summed E-state index contributed by atoms with van der Waals surface area (Å²) < 4.78 is 23.4. The molecule has 9 nitrogen and oxygen atoms in total. The van der Waals surface area contributed by atoms with Crippen LogP contribution in [0.2, 0.25) is 0 Å². The van der Waals surface area contributed by atoms with Gasteiger partial charge >= 0.3 is 12.1 Å². The molecular formula is C38H39Cl2N3O6. The largest absolute Gasteiger partial charge is 0.493 e. The number of nitrogens with zero attached hydrogens (tertiary/aromatic N) is 3. The van der Waals surface area contributed by atoms with Crippen LogP contribution in [-0.2, 0) is 16.0 Å². The Labute approximate surface area is 296 Å². The van der Waals surface area contributed by atoms with E-state index in [0.29, 0.717) is 33.6 Å². The topological polar surface area (TPSA) is 89.9 Å². The van der Waals surface area contributed by atoms with Crippen molar-refractivity contribution in [3.8, 4) is 22.6 Å². The Hall–Kier alpha value is -4.05. The lowest BCUT2D eigenvalue weighted by atomic mass is 9.86. The van der Waals surface area contributed by atoms with Gasteiger partial charge in [-0.2, -0.15) is 0 Å². The van der Waals surface area contributed by atoms with E-state index in [1.807, 2.05) is 43.3 Å². The maximum atomic E-state index is 14.0. The van der Waals surface area contributed by atoms with Gasteiger partial charge < -0.3 is 18.9 Å². The number of dihydropyridines is 1. The third-order valence-corrected chi connectivity index (χ3v) is 11.1. The number of esters is 1. The molecule has 3 aromatic rings. The van der Waals surface area contributed by atoms with Gasteiger partial charge in [-0.15, -0.1) is 11.6 Å². The number of methoxy groups -OCH3 is 2. The first-order chi connectivity index (χ1) is 23.7. The third kappa shape index (κ3) is 6.64. The maximum absolute atomic E-state index is 14.0. The number of para-hydroxylation sites is 1. The second kappa shape index (κ2) is 14.1. The molecule has 0 N–H and O–H groups in total. The van der Waals surface area contributed by atoms with Crippen LogP contribution < -0.4 is 14.4 Å². The highest BCUT2D eigenvalue weighted by molar-refractivity contribution is 6.41. The Balaban J connectivity index is 1.17. The second-order valence-electron chi connectivity index (χ2n) is 13.0. The minimum Gasteiger partial charge on any atom is -0.493 e. The fourth-order valence-corrected chi connectivity index (χ4v) is 7.94. The molecule has 0 radical (unpaired) electrons. The molecule has 256 valence electrons. The average molecular weight is 705 g/mol. The van der Waals surface area contributed by atoms with Crippen molar-refractivity contribution in [2.24, 2.45) is 10.9 Å². The van der Waals surface area contributed by atoms with Crippen molar-refractivity contribution in [2.45, 2.75) is 56.4 Å². The number of halogens is 2. The van der Waals surface area contributed by atoms with E-state index in [1.165, 1.54) is 0 Å². The van der Waals surface area contributed by atoms with E-state index in [2.05, 4.69) is 9.89 Å². The molecule has 49 heavy (non-hydrogen) atoms. The number of hydrogen-bond acceptors (Lipinski definition) is 8. The Morgan fingerprint density at radius 2 is 1.76 bits per heavy atom. The number of benzene rings is 3. The number of fused-ring (bicyclic) bond motifs is 6. The third-order valence-electron chi connectivity index (χ3n) is 10.1. The molecule has 5 heterocycles. The smallest absolute Gasteiger partial charge is 0.414 e. The Kier molecular flexibility index (Phi) is 9.59. The summed E-state index contributed by atoms with van der Waals surface area (Å²) in [7, 11) is 3.12. The highest BCUT2D eigenvalue weighted by atomic mass is 35.5. The number of anilines is 1. The molecule has 3 aromatic carbocycles. The molecule has 5 aliphatic rings. The number of allylic oxidation sites excluding steroid dienone is 1. The SMILES string of the molecule is COc1ccc([C@H](CC2=C(Cl)C=NC(C)C2Cl)OC(=O)c2ccc3c(c2)CN(C(=O)O[C@H]2CN4CCC2CC4)c2ccccc2-3)cc1OC. The van der Waals surface area contributed by atoms with Crippen molar-refractivity contribution in [3.63, 3.8) is 0 Å². The Morgan fingerprint density at radius 3 is 2.49 bits per heavy atom. The molecule has 0 saturated carbocycles. The summed E-state index contributed by atoms with van der Waals surface area (Å²) in [4.78, 5) is 36.1.